The fraction of sp³-hybridized carbons (Fsp3) is 0.108. The molecule has 2 aromatic heterocycles. The molecule has 0 aliphatic rings. The summed E-state index contributed by atoms with van der Waals surface area (Å²) < 4.78 is 4.93. The Balaban J connectivity index is 0.800. The van der Waals surface area contributed by atoms with Crippen molar-refractivity contribution in [3.05, 3.63) is 275 Å². The molecule has 0 N–H and O–H groups in total. The van der Waals surface area contributed by atoms with Crippen LogP contribution in [0.5, 0.6) is 0 Å². The van der Waals surface area contributed by atoms with Crippen molar-refractivity contribution in [2.24, 2.45) is 0 Å². The van der Waals surface area contributed by atoms with Crippen molar-refractivity contribution in [1.82, 2.24) is 9.13 Å². The van der Waals surface area contributed by atoms with E-state index in [2.05, 4.69) is 281 Å². The summed E-state index contributed by atoms with van der Waals surface area (Å²) in [5, 5.41) is 5.04. The molecule has 76 heavy (non-hydrogen) atoms. The quantitative estimate of drug-likeness (QED) is 0.129. The van der Waals surface area contributed by atoms with Gasteiger partial charge in [-0.1, -0.05) is 193 Å². The van der Waals surface area contributed by atoms with Crippen molar-refractivity contribution in [2.45, 2.75) is 54.4 Å². The van der Waals surface area contributed by atoms with Crippen molar-refractivity contribution in [2.75, 3.05) is 0 Å². The molecule has 2 nitrogen and oxygen atoms in total. The average Bonchev–Trinajstić information content (AvgIpc) is 4.02. The zero-order valence-electron chi connectivity index (χ0n) is 44.2. The molecule has 0 aliphatic carbocycles. The number of hydrogen-bond donors (Lipinski definition) is 0. The number of benzene rings is 11. The summed E-state index contributed by atoms with van der Waals surface area (Å²) in [5.41, 5.74) is 30.1. The van der Waals surface area contributed by atoms with E-state index in [0.29, 0.717) is 0 Å². The summed E-state index contributed by atoms with van der Waals surface area (Å²) in [7, 11) is 0. The lowest BCUT2D eigenvalue weighted by atomic mass is 9.93. The smallest absolute Gasteiger partial charge is 0.0547 e. The van der Waals surface area contributed by atoms with Gasteiger partial charge >= 0.3 is 0 Å². The third-order valence-corrected chi connectivity index (χ3v) is 16.1. The molecule has 13 rings (SSSR count). The van der Waals surface area contributed by atoms with E-state index in [1.165, 1.54) is 149 Å². The first kappa shape index (κ1) is 46.8. The number of rotatable bonds is 10. The van der Waals surface area contributed by atoms with Gasteiger partial charge in [-0.05, 0) is 192 Å². The predicted octanol–water partition coefficient (Wildman–Crippen LogP) is 19.9. The maximum Gasteiger partial charge on any atom is 0.0547 e. The molecule has 366 valence electrons. The SMILES string of the molecule is Cc1ccc(-c2ccc3c4ccc(-c5ccc(CCc6ccc(-c7ccc8c9ccc(-c%10ccc(C)cc%10C)cc9n(-c9cccc(-c%10ccccc%10)c9)c8c7)c(C)c6)cc5C)cc4n(-c4ccccc4)c3c2)c(C)c1. The second-order valence-corrected chi connectivity index (χ2v) is 21.3. The van der Waals surface area contributed by atoms with Crippen molar-refractivity contribution in [3.8, 4) is 67.0 Å². The molecule has 2 heterocycles. The molecule has 0 unspecified atom stereocenters. The van der Waals surface area contributed by atoms with Crippen molar-refractivity contribution in [3.63, 3.8) is 0 Å². The van der Waals surface area contributed by atoms with Crippen LogP contribution in [0.4, 0.5) is 0 Å². The van der Waals surface area contributed by atoms with Crippen molar-refractivity contribution >= 4 is 43.6 Å². The van der Waals surface area contributed by atoms with Gasteiger partial charge in [0.15, 0.2) is 0 Å². The molecule has 13 aromatic rings. The van der Waals surface area contributed by atoms with Gasteiger partial charge in [-0.2, -0.15) is 0 Å². The van der Waals surface area contributed by atoms with Crippen LogP contribution in [0, 0.1) is 41.5 Å². The van der Waals surface area contributed by atoms with Crippen LogP contribution >= 0.6 is 0 Å². The number of nitrogens with zero attached hydrogens (tertiary/aromatic N) is 2. The second kappa shape index (κ2) is 19.1. The van der Waals surface area contributed by atoms with E-state index in [1.54, 1.807) is 0 Å². The highest BCUT2D eigenvalue weighted by Gasteiger charge is 2.19. The first-order valence-electron chi connectivity index (χ1n) is 26.8. The van der Waals surface area contributed by atoms with E-state index >= 15 is 0 Å². The Kier molecular flexibility index (Phi) is 11.7. The standard InChI is InChI=1S/C74H60N2/c1-47-20-30-63(49(3)38-47)57-26-34-67-68-35-28-59(44-72(68)75(71(67)43-57)61-17-11-8-12-18-61)65-32-24-53(40-51(65)5)22-23-54-25-33-66(52(6)41-54)60-29-37-70-69-36-27-58(64-31-21-48(2)39-50(64)4)45-73(69)76(74(70)46-60)62-19-13-16-56(42-62)55-14-9-7-10-15-55/h7-21,24-46H,22-23H2,1-6H3. The Morgan fingerprint density at radius 1 is 0.250 bits per heavy atom. The predicted molar refractivity (Wildman–Crippen MR) is 325 cm³/mol. The van der Waals surface area contributed by atoms with Crippen LogP contribution in [0.2, 0.25) is 0 Å². The molecular formula is C74H60N2. The molecule has 0 fully saturated rings. The maximum atomic E-state index is 2.48. The fourth-order valence-electron chi connectivity index (χ4n) is 12.3. The Morgan fingerprint density at radius 3 is 1.01 bits per heavy atom. The molecule has 0 radical (unpaired) electrons. The molecule has 11 aromatic carbocycles. The highest BCUT2D eigenvalue weighted by Crippen LogP contribution is 2.41. The molecular weight excluding hydrogens is 917 g/mol. The molecule has 0 aliphatic heterocycles. The minimum Gasteiger partial charge on any atom is -0.309 e. The number of hydrogen-bond acceptors (Lipinski definition) is 0. The fourth-order valence-corrected chi connectivity index (χ4v) is 12.3. The number of para-hydroxylation sites is 1. The zero-order valence-corrected chi connectivity index (χ0v) is 44.2. The lowest BCUT2D eigenvalue weighted by molar-refractivity contribution is 0.956. The van der Waals surface area contributed by atoms with Crippen molar-refractivity contribution in [1.29, 1.82) is 0 Å². The largest absolute Gasteiger partial charge is 0.309 e. The van der Waals surface area contributed by atoms with Gasteiger partial charge in [-0.15, -0.1) is 0 Å². The average molecular weight is 977 g/mol. The topological polar surface area (TPSA) is 9.86 Å². The molecule has 0 saturated carbocycles. The van der Waals surface area contributed by atoms with Crippen LogP contribution in [0.1, 0.15) is 44.5 Å². The van der Waals surface area contributed by atoms with E-state index < -0.39 is 0 Å². The summed E-state index contributed by atoms with van der Waals surface area (Å²) in [4.78, 5) is 0. The van der Waals surface area contributed by atoms with Crippen LogP contribution in [0.3, 0.4) is 0 Å². The minimum absolute atomic E-state index is 0.973. The Labute approximate surface area is 446 Å². The van der Waals surface area contributed by atoms with Gasteiger partial charge in [0.25, 0.3) is 0 Å². The summed E-state index contributed by atoms with van der Waals surface area (Å²) >= 11 is 0. The van der Waals surface area contributed by atoms with E-state index in [9.17, 15) is 0 Å². The third kappa shape index (κ3) is 8.41. The van der Waals surface area contributed by atoms with Gasteiger partial charge in [0, 0.05) is 32.9 Å². The summed E-state index contributed by atoms with van der Waals surface area (Å²) in [6, 6.07) is 86.4. The first-order chi connectivity index (χ1) is 37.1. The Morgan fingerprint density at radius 2 is 0.605 bits per heavy atom. The van der Waals surface area contributed by atoms with Crippen molar-refractivity contribution < 1.29 is 0 Å². The summed E-state index contributed by atoms with van der Waals surface area (Å²) in [5.74, 6) is 0. The second-order valence-electron chi connectivity index (χ2n) is 21.3. The maximum absolute atomic E-state index is 2.48. The van der Waals surface area contributed by atoms with Crippen LogP contribution in [-0.2, 0) is 12.8 Å². The Bertz CT molecular complexity index is 4390. The highest BCUT2D eigenvalue weighted by molar-refractivity contribution is 6.12. The Hall–Kier alpha value is -8.98. The zero-order chi connectivity index (χ0) is 51.6. The van der Waals surface area contributed by atoms with E-state index in [-0.39, 0.29) is 0 Å². The number of aryl methyl sites for hydroxylation is 8. The minimum atomic E-state index is 0.973. The van der Waals surface area contributed by atoms with Gasteiger partial charge in [-0.3, -0.25) is 0 Å². The highest BCUT2D eigenvalue weighted by atomic mass is 15.0. The van der Waals surface area contributed by atoms with E-state index in [0.717, 1.165) is 18.5 Å². The van der Waals surface area contributed by atoms with Gasteiger partial charge in [0.2, 0.25) is 0 Å². The lowest BCUT2D eigenvalue weighted by Gasteiger charge is -2.13. The van der Waals surface area contributed by atoms with Crippen LogP contribution in [-0.4, -0.2) is 9.13 Å². The van der Waals surface area contributed by atoms with Gasteiger partial charge in [-0.25, -0.2) is 0 Å². The molecule has 0 atom stereocenters. The summed E-state index contributed by atoms with van der Waals surface area (Å²) in [6.45, 7) is 13.3. The third-order valence-electron chi connectivity index (χ3n) is 16.1. The molecule has 0 amide bonds. The van der Waals surface area contributed by atoms with Crippen LogP contribution in [0.15, 0.2) is 231 Å². The summed E-state index contributed by atoms with van der Waals surface area (Å²) in [6.07, 6.45) is 1.95. The van der Waals surface area contributed by atoms with Crippen LogP contribution in [0.25, 0.3) is 111 Å². The molecule has 2 heteroatoms. The molecule has 0 spiro atoms. The van der Waals surface area contributed by atoms with Gasteiger partial charge in [0.1, 0.15) is 0 Å². The van der Waals surface area contributed by atoms with E-state index in [1.807, 2.05) is 0 Å². The first-order valence-corrected chi connectivity index (χ1v) is 26.8. The van der Waals surface area contributed by atoms with Gasteiger partial charge < -0.3 is 9.13 Å². The van der Waals surface area contributed by atoms with Crippen LogP contribution < -0.4 is 0 Å². The lowest BCUT2D eigenvalue weighted by Crippen LogP contribution is -1.96. The number of aromatic nitrogens is 2. The normalized spacial score (nSPS) is 11.7. The van der Waals surface area contributed by atoms with Gasteiger partial charge in [0.05, 0.1) is 22.1 Å². The monoisotopic (exact) mass is 976 g/mol. The van der Waals surface area contributed by atoms with E-state index in [4.69, 9.17) is 0 Å². The number of fused-ring (bicyclic) bond motifs is 6. The molecule has 0 bridgehead atoms. The molecule has 0 saturated heterocycles.